The summed E-state index contributed by atoms with van der Waals surface area (Å²) < 4.78 is 9.94. The number of esters is 1. The summed E-state index contributed by atoms with van der Waals surface area (Å²) in [6.07, 6.45) is 5.12. The number of furan rings is 1. The zero-order chi connectivity index (χ0) is 19.7. The minimum Gasteiger partial charge on any atom is -0.463 e. The fourth-order valence-corrected chi connectivity index (χ4v) is 3.33. The molecule has 0 N–H and O–H groups in total. The van der Waals surface area contributed by atoms with Crippen molar-refractivity contribution in [2.75, 3.05) is 19.1 Å². The monoisotopic (exact) mass is 366 g/mol. The van der Waals surface area contributed by atoms with Crippen molar-refractivity contribution in [3.05, 3.63) is 53.8 Å². The summed E-state index contributed by atoms with van der Waals surface area (Å²) in [5.74, 6) is -2.61. The fourth-order valence-electron chi connectivity index (χ4n) is 3.33. The van der Waals surface area contributed by atoms with E-state index in [1.807, 2.05) is 0 Å². The number of ketones is 1. The van der Waals surface area contributed by atoms with Crippen LogP contribution in [0.3, 0.4) is 0 Å². The number of hydrogen-bond acceptors (Lipinski definition) is 6. The molecule has 7 heteroatoms. The number of rotatable bonds is 3. The number of carbonyl (C=O) groups excluding carboxylic acids is 3. The number of anilines is 1. The molecule has 138 valence electrons. The zero-order valence-electron chi connectivity index (χ0n) is 15.0. The Bertz CT molecular complexity index is 930. The number of amides is 1. The van der Waals surface area contributed by atoms with Crippen LogP contribution in [0, 0.1) is 29.1 Å². The van der Waals surface area contributed by atoms with Crippen molar-refractivity contribution >= 4 is 23.5 Å². The van der Waals surface area contributed by atoms with Gasteiger partial charge in [0.25, 0.3) is 5.91 Å². The molecule has 2 bridgehead atoms. The van der Waals surface area contributed by atoms with Gasteiger partial charge in [-0.25, -0.2) is 4.79 Å². The molecule has 2 aliphatic rings. The van der Waals surface area contributed by atoms with Crippen LogP contribution in [0.15, 0.2) is 52.5 Å². The number of ether oxygens (including phenoxy) is 1. The summed E-state index contributed by atoms with van der Waals surface area (Å²) in [5, 5.41) is 9.32. The molecule has 1 aromatic rings. The van der Waals surface area contributed by atoms with Crippen LogP contribution in [-0.4, -0.2) is 31.8 Å². The molecule has 7 nitrogen and oxygen atoms in total. The summed E-state index contributed by atoms with van der Waals surface area (Å²) in [4.78, 5) is 38.2. The van der Waals surface area contributed by atoms with E-state index in [0.29, 0.717) is 17.6 Å². The summed E-state index contributed by atoms with van der Waals surface area (Å²) >= 11 is 0. The SMILES string of the molecule is C=C1C[C@H]2C=C(C(=O)N(C)c3ccc(C(=O)OC)o3)C=C[C@H](C2=O)[C@@H]1C#N. The van der Waals surface area contributed by atoms with E-state index in [2.05, 4.69) is 17.4 Å². The van der Waals surface area contributed by atoms with Gasteiger partial charge < -0.3 is 9.15 Å². The standard InChI is InChI=1S/C20H18N2O5/c1-11-8-13-9-12(4-5-14(18(13)23)15(11)10-21)19(24)22(2)17-7-6-16(27-17)20(25)26-3/h4-7,9,13-15H,1,8H2,2-3H3/t13-,14-,15+/m0/s1. The van der Waals surface area contributed by atoms with Gasteiger partial charge in [-0.15, -0.1) is 0 Å². The number of carbonyl (C=O) groups is 3. The molecule has 0 aliphatic heterocycles. The number of allylic oxidation sites excluding steroid dienone is 3. The predicted octanol–water partition coefficient (Wildman–Crippen LogP) is 2.43. The fraction of sp³-hybridized carbons (Fsp3) is 0.300. The van der Waals surface area contributed by atoms with Crippen LogP contribution in [0.1, 0.15) is 17.0 Å². The van der Waals surface area contributed by atoms with Crippen LogP contribution in [0.2, 0.25) is 0 Å². The molecule has 2 aliphatic carbocycles. The first-order valence-electron chi connectivity index (χ1n) is 8.34. The molecule has 27 heavy (non-hydrogen) atoms. The van der Waals surface area contributed by atoms with Crippen molar-refractivity contribution < 1.29 is 23.5 Å². The Balaban J connectivity index is 1.87. The van der Waals surface area contributed by atoms with Gasteiger partial charge in [0.05, 0.1) is 25.0 Å². The normalized spacial score (nSPS) is 23.9. The molecule has 1 amide bonds. The molecule has 1 fully saturated rings. The number of nitriles is 1. The molecule has 3 rings (SSSR count). The molecular formula is C20H18N2O5. The Labute approximate surface area is 156 Å². The van der Waals surface area contributed by atoms with E-state index < -0.39 is 29.6 Å². The topological polar surface area (TPSA) is 101 Å². The molecule has 0 aromatic carbocycles. The summed E-state index contributed by atoms with van der Waals surface area (Å²) in [6, 6.07) is 5.04. The number of methoxy groups -OCH3 is 1. The lowest BCUT2D eigenvalue weighted by molar-refractivity contribution is -0.125. The Hall–Kier alpha value is -3.40. The van der Waals surface area contributed by atoms with Crippen molar-refractivity contribution in [2.45, 2.75) is 6.42 Å². The van der Waals surface area contributed by atoms with Gasteiger partial charge in [-0.1, -0.05) is 30.4 Å². The lowest BCUT2D eigenvalue weighted by Crippen LogP contribution is -2.33. The zero-order valence-corrected chi connectivity index (χ0v) is 15.0. The second kappa shape index (κ2) is 7.08. The second-order valence-corrected chi connectivity index (χ2v) is 6.48. The van der Waals surface area contributed by atoms with E-state index in [9.17, 15) is 19.6 Å². The Morgan fingerprint density at radius 3 is 2.81 bits per heavy atom. The molecule has 1 heterocycles. The first-order chi connectivity index (χ1) is 12.9. The number of likely N-dealkylation sites (N-methyl/N-ethyl adjacent to an activating group) is 1. The first-order valence-corrected chi connectivity index (χ1v) is 8.34. The highest BCUT2D eigenvalue weighted by Crippen LogP contribution is 2.38. The van der Waals surface area contributed by atoms with E-state index in [0.717, 1.165) is 0 Å². The van der Waals surface area contributed by atoms with Gasteiger partial charge in [-0.05, 0) is 12.5 Å². The van der Waals surface area contributed by atoms with Crippen LogP contribution < -0.4 is 4.90 Å². The first kappa shape index (κ1) is 18.4. The number of Topliss-reactive ketones (excluding diaryl/α,β-unsaturated/α-hetero) is 1. The van der Waals surface area contributed by atoms with Crippen LogP contribution in [0.4, 0.5) is 5.88 Å². The number of nitrogens with zero attached hydrogens (tertiary/aromatic N) is 2. The van der Waals surface area contributed by atoms with Crippen LogP contribution >= 0.6 is 0 Å². The van der Waals surface area contributed by atoms with Crippen molar-refractivity contribution in [3.8, 4) is 6.07 Å². The maximum atomic E-state index is 12.9. The van der Waals surface area contributed by atoms with Crippen LogP contribution in [0.5, 0.6) is 0 Å². The van der Waals surface area contributed by atoms with Gasteiger partial charge >= 0.3 is 5.97 Å². The van der Waals surface area contributed by atoms with E-state index in [1.54, 1.807) is 18.2 Å². The van der Waals surface area contributed by atoms with Crippen molar-refractivity contribution in [2.24, 2.45) is 17.8 Å². The highest BCUT2D eigenvalue weighted by Gasteiger charge is 2.40. The summed E-state index contributed by atoms with van der Waals surface area (Å²) in [6.45, 7) is 3.91. The molecular weight excluding hydrogens is 348 g/mol. The van der Waals surface area contributed by atoms with Gasteiger partial charge in [0, 0.05) is 24.6 Å². The van der Waals surface area contributed by atoms with Crippen LogP contribution in [0.25, 0.3) is 0 Å². The van der Waals surface area contributed by atoms with Gasteiger partial charge in [-0.2, -0.15) is 5.26 Å². The second-order valence-electron chi connectivity index (χ2n) is 6.48. The molecule has 0 radical (unpaired) electrons. The Morgan fingerprint density at radius 1 is 1.41 bits per heavy atom. The minimum atomic E-state index is -0.642. The smallest absolute Gasteiger partial charge is 0.374 e. The highest BCUT2D eigenvalue weighted by molar-refractivity contribution is 6.08. The third-order valence-corrected chi connectivity index (χ3v) is 4.84. The Morgan fingerprint density at radius 2 is 2.15 bits per heavy atom. The maximum absolute atomic E-state index is 12.9. The number of fused-ring (bicyclic) bond motifs is 2. The summed E-state index contributed by atoms with van der Waals surface area (Å²) in [5.41, 5.74) is 1.02. The number of hydrogen-bond donors (Lipinski definition) is 0. The molecule has 3 atom stereocenters. The van der Waals surface area contributed by atoms with Gasteiger partial charge in [-0.3, -0.25) is 14.5 Å². The average Bonchev–Trinajstić information content (AvgIpc) is 3.12. The average molecular weight is 366 g/mol. The van der Waals surface area contributed by atoms with Crippen molar-refractivity contribution in [1.29, 1.82) is 5.26 Å². The molecule has 0 saturated heterocycles. The van der Waals surface area contributed by atoms with Crippen molar-refractivity contribution in [1.82, 2.24) is 0 Å². The van der Waals surface area contributed by atoms with Gasteiger partial charge in [0.1, 0.15) is 5.78 Å². The highest BCUT2D eigenvalue weighted by atomic mass is 16.5. The largest absolute Gasteiger partial charge is 0.463 e. The van der Waals surface area contributed by atoms with Gasteiger partial charge in [0.15, 0.2) is 0 Å². The lowest BCUT2D eigenvalue weighted by atomic mass is 9.71. The third kappa shape index (κ3) is 3.22. The predicted molar refractivity (Wildman–Crippen MR) is 95.5 cm³/mol. The third-order valence-electron chi connectivity index (χ3n) is 4.84. The quantitative estimate of drug-likeness (QED) is 0.601. The molecule has 0 unspecified atom stereocenters. The van der Waals surface area contributed by atoms with Gasteiger partial charge in [0.2, 0.25) is 11.6 Å². The summed E-state index contributed by atoms with van der Waals surface area (Å²) in [7, 11) is 2.74. The van der Waals surface area contributed by atoms with E-state index in [-0.39, 0.29) is 17.4 Å². The lowest BCUT2D eigenvalue weighted by Gasteiger charge is -2.29. The minimum absolute atomic E-state index is 0.0169. The van der Waals surface area contributed by atoms with E-state index >= 15 is 0 Å². The van der Waals surface area contributed by atoms with Crippen LogP contribution in [-0.2, 0) is 14.3 Å². The van der Waals surface area contributed by atoms with E-state index in [4.69, 9.17) is 4.42 Å². The van der Waals surface area contributed by atoms with Crippen molar-refractivity contribution in [3.63, 3.8) is 0 Å². The van der Waals surface area contributed by atoms with E-state index in [1.165, 1.54) is 31.2 Å². The maximum Gasteiger partial charge on any atom is 0.374 e. The molecule has 1 saturated carbocycles. The molecule has 1 aromatic heterocycles. The molecule has 0 spiro atoms. The Kier molecular flexibility index (Phi) is 4.82.